The van der Waals surface area contributed by atoms with Crippen LogP contribution in [0, 0.1) is 0 Å². The van der Waals surface area contributed by atoms with Gasteiger partial charge in [0.15, 0.2) is 0 Å². The molecule has 0 bridgehead atoms. The predicted octanol–water partition coefficient (Wildman–Crippen LogP) is 3.18. The predicted molar refractivity (Wildman–Crippen MR) is 114 cm³/mol. The SMILES string of the molecule is CC1=NC2(CCN(c3c(Cl)cncc3-c3ccc4c(cnn4C)c3)CC2)C(=O)N1. The van der Waals surface area contributed by atoms with Crippen molar-refractivity contribution in [2.75, 3.05) is 18.0 Å². The Morgan fingerprint density at radius 3 is 2.69 bits per heavy atom. The number of pyridine rings is 1. The molecule has 2 aliphatic heterocycles. The van der Waals surface area contributed by atoms with Crippen molar-refractivity contribution in [1.82, 2.24) is 20.1 Å². The van der Waals surface area contributed by atoms with E-state index < -0.39 is 5.54 Å². The summed E-state index contributed by atoms with van der Waals surface area (Å²) in [5.41, 5.74) is 3.43. The van der Waals surface area contributed by atoms with Crippen molar-refractivity contribution in [1.29, 1.82) is 0 Å². The molecule has 4 heterocycles. The Labute approximate surface area is 173 Å². The number of nitrogens with zero attached hydrogens (tertiary/aromatic N) is 5. The van der Waals surface area contributed by atoms with Gasteiger partial charge in [-0.15, -0.1) is 0 Å². The highest BCUT2D eigenvalue weighted by molar-refractivity contribution is 6.34. The zero-order chi connectivity index (χ0) is 20.2. The molecule has 1 fully saturated rings. The number of fused-ring (bicyclic) bond motifs is 1. The number of amidine groups is 1. The molecular formula is C21H21ClN6O. The van der Waals surface area contributed by atoms with Crippen molar-refractivity contribution < 1.29 is 4.79 Å². The quantitative estimate of drug-likeness (QED) is 0.706. The van der Waals surface area contributed by atoms with Gasteiger partial charge in [-0.1, -0.05) is 17.7 Å². The van der Waals surface area contributed by atoms with Crippen LogP contribution in [0.5, 0.6) is 0 Å². The van der Waals surface area contributed by atoms with Crippen LogP contribution >= 0.6 is 11.6 Å². The molecule has 1 spiro atoms. The number of amides is 1. The zero-order valence-electron chi connectivity index (χ0n) is 16.3. The molecule has 1 aromatic carbocycles. The molecule has 5 rings (SSSR count). The van der Waals surface area contributed by atoms with Crippen LogP contribution in [0.3, 0.4) is 0 Å². The molecule has 0 unspecified atom stereocenters. The third kappa shape index (κ3) is 2.88. The van der Waals surface area contributed by atoms with E-state index in [1.54, 1.807) is 6.20 Å². The molecule has 1 saturated heterocycles. The number of aromatic nitrogens is 3. The van der Waals surface area contributed by atoms with E-state index in [0.717, 1.165) is 27.7 Å². The van der Waals surface area contributed by atoms with E-state index in [4.69, 9.17) is 11.6 Å². The Balaban J connectivity index is 1.51. The summed E-state index contributed by atoms with van der Waals surface area (Å²) < 4.78 is 1.86. The van der Waals surface area contributed by atoms with E-state index in [1.807, 2.05) is 31.0 Å². The zero-order valence-corrected chi connectivity index (χ0v) is 17.1. The summed E-state index contributed by atoms with van der Waals surface area (Å²) in [7, 11) is 1.93. The summed E-state index contributed by atoms with van der Waals surface area (Å²) in [5, 5.41) is 8.86. The van der Waals surface area contributed by atoms with Crippen molar-refractivity contribution in [3.05, 3.63) is 41.8 Å². The van der Waals surface area contributed by atoms with Gasteiger partial charge in [0.25, 0.3) is 5.91 Å². The van der Waals surface area contributed by atoms with Gasteiger partial charge >= 0.3 is 0 Å². The number of piperidine rings is 1. The minimum absolute atomic E-state index is 0.0118. The summed E-state index contributed by atoms with van der Waals surface area (Å²) in [6.45, 7) is 3.25. The highest BCUT2D eigenvalue weighted by atomic mass is 35.5. The molecule has 3 aromatic rings. The van der Waals surface area contributed by atoms with Gasteiger partial charge in [0.2, 0.25) is 0 Å². The molecule has 2 aliphatic rings. The van der Waals surface area contributed by atoms with E-state index in [-0.39, 0.29) is 5.91 Å². The topological polar surface area (TPSA) is 75.4 Å². The molecule has 0 saturated carbocycles. The maximum Gasteiger partial charge on any atom is 0.253 e. The fourth-order valence-corrected chi connectivity index (χ4v) is 4.69. The van der Waals surface area contributed by atoms with Gasteiger partial charge in [-0.25, -0.2) is 0 Å². The van der Waals surface area contributed by atoms with Gasteiger partial charge in [0.1, 0.15) is 11.4 Å². The average Bonchev–Trinajstić information content (AvgIpc) is 3.21. The maximum atomic E-state index is 12.4. The van der Waals surface area contributed by atoms with Gasteiger partial charge in [0.05, 0.1) is 22.4 Å². The number of halogens is 1. The number of aryl methyl sites for hydroxylation is 1. The second-order valence-electron chi connectivity index (χ2n) is 7.73. The minimum atomic E-state index is -0.630. The average molecular weight is 409 g/mol. The lowest BCUT2D eigenvalue weighted by atomic mass is 9.87. The van der Waals surface area contributed by atoms with Crippen molar-refractivity contribution in [2.24, 2.45) is 12.0 Å². The van der Waals surface area contributed by atoms with Gasteiger partial charge in [0, 0.05) is 43.5 Å². The molecule has 0 radical (unpaired) electrons. The Hall–Kier alpha value is -2.93. The van der Waals surface area contributed by atoms with Gasteiger partial charge < -0.3 is 10.2 Å². The van der Waals surface area contributed by atoms with Gasteiger partial charge in [-0.3, -0.25) is 19.5 Å². The third-order valence-electron chi connectivity index (χ3n) is 5.94. The molecule has 148 valence electrons. The van der Waals surface area contributed by atoms with Gasteiger partial charge in [-0.2, -0.15) is 5.10 Å². The van der Waals surface area contributed by atoms with Crippen molar-refractivity contribution in [2.45, 2.75) is 25.3 Å². The van der Waals surface area contributed by atoms with Crippen molar-refractivity contribution >= 4 is 39.9 Å². The number of rotatable bonds is 2. The first kappa shape index (κ1) is 18.1. The number of anilines is 1. The number of hydrogen-bond acceptors (Lipinski definition) is 5. The monoisotopic (exact) mass is 408 g/mol. The van der Waals surface area contributed by atoms with Crippen LogP contribution in [0.1, 0.15) is 19.8 Å². The Kier molecular flexibility index (Phi) is 4.10. The molecule has 0 aliphatic carbocycles. The smallest absolute Gasteiger partial charge is 0.253 e. The lowest BCUT2D eigenvalue weighted by Crippen LogP contribution is -2.49. The third-order valence-corrected chi connectivity index (χ3v) is 6.21. The fraction of sp³-hybridized carbons (Fsp3) is 0.333. The van der Waals surface area contributed by atoms with Gasteiger partial charge in [-0.05, 0) is 37.5 Å². The summed E-state index contributed by atoms with van der Waals surface area (Å²) in [5.74, 6) is 0.716. The second-order valence-corrected chi connectivity index (χ2v) is 8.14. The summed E-state index contributed by atoms with van der Waals surface area (Å²) in [4.78, 5) is 23.6. The highest BCUT2D eigenvalue weighted by Gasteiger charge is 2.45. The Morgan fingerprint density at radius 2 is 1.97 bits per heavy atom. The lowest BCUT2D eigenvalue weighted by Gasteiger charge is -2.38. The van der Waals surface area contributed by atoms with Crippen LogP contribution in [-0.4, -0.2) is 45.1 Å². The summed E-state index contributed by atoms with van der Waals surface area (Å²) in [6.07, 6.45) is 6.72. The van der Waals surface area contributed by atoms with E-state index >= 15 is 0 Å². The van der Waals surface area contributed by atoms with E-state index in [1.165, 1.54) is 0 Å². The molecule has 0 atom stereocenters. The maximum absolute atomic E-state index is 12.4. The first-order chi connectivity index (χ1) is 14.0. The second kappa shape index (κ2) is 6.56. The van der Waals surface area contributed by atoms with Crippen LogP contribution in [0.15, 0.2) is 41.8 Å². The van der Waals surface area contributed by atoms with Crippen molar-refractivity contribution in [3.63, 3.8) is 0 Å². The minimum Gasteiger partial charge on any atom is -0.370 e. The van der Waals surface area contributed by atoms with E-state index in [0.29, 0.717) is 36.8 Å². The normalized spacial score (nSPS) is 18.4. The fourth-order valence-electron chi connectivity index (χ4n) is 4.41. The molecule has 2 aromatic heterocycles. The molecule has 29 heavy (non-hydrogen) atoms. The Bertz CT molecular complexity index is 1160. The van der Waals surface area contributed by atoms with Crippen LogP contribution in [0.4, 0.5) is 5.69 Å². The van der Waals surface area contributed by atoms with E-state index in [2.05, 4.69) is 43.5 Å². The van der Waals surface area contributed by atoms with Crippen molar-refractivity contribution in [3.8, 4) is 11.1 Å². The van der Waals surface area contributed by atoms with Crippen LogP contribution in [0.25, 0.3) is 22.0 Å². The van der Waals surface area contributed by atoms with E-state index in [9.17, 15) is 4.79 Å². The largest absolute Gasteiger partial charge is 0.370 e. The first-order valence-corrected chi connectivity index (χ1v) is 10.0. The molecule has 7 nitrogen and oxygen atoms in total. The Morgan fingerprint density at radius 1 is 1.17 bits per heavy atom. The molecule has 1 amide bonds. The first-order valence-electron chi connectivity index (χ1n) is 9.65. The standard InChI is InChI=1S/C21H21ClN6O/c1-13-25-20(29)21(26-13)5-7-28(8-6-21)19-16(11-23-12-17(19)22)14-3-4-18-15(9-14)10-24-27(18)2/h3-4,9-12H,5-8H2,1-2H3,(H,25,26,29). The number of carbonyl (C=O) groups excluding carboxylic acids is 1. The number of carbonyl (C=O) groups is 1. The highest BCUT2D eigenvalue weighted by Crippen LogP contribution is 2.40. The molecular weight excluding hydrogens is 388 g/mol. The number of aliphatic imine (C=N–C) groups is 1. The number of benzene rings is 1. The lowest BCUT2D eigenvalue weighted by molar-refractivity contribution is -0.124. The molecule has 8 heteroatoms. The van der Waals surface area contributed by atoms with Crippen LogP contribution < -0.4 is 10.2 Å². The number of nitrogens with one attached hydrogen (secondary N) is 1. The summed E-state index contributed by atoms with van der Waals surface area (Å²) in [6, 6.07) is 6.25. The molecule has 1 N–H and O–H groups in total. The summed E-state index contributed by atoms with van der Waals surface area (Å²) >= 11 is 6.61. The number of hydrogen-bond donors (Lipinski definition) is 1. The van der Waals surface area contributed by atoms with Crippen LogP contribution in [0.2, 0.25) is 5.02 Å². The van der Waals surface area contributed by atoms with Crippen LogP contribution in [-0.2, 0) is 11.8 Å².